The van der Waals surface area contributed by atoms with E-state index in [2.05, 4.69) is 28.9 Å². The second-order valence-electron chi connectivity index (χ2n) is 15.1. The first-order valence-corrected chi connectivity index (χ1v) is 17.1. The topological polar surface area (TPSA) is 110 Å². The van der Waals surface area contributed by atoms with Crippen molar-refractivity contribution in [3.63, 3.8) is 0 Å². The predicted octanol–water partition coefficient (Wildman–Crippen LogP) is 5.92. The molecule has 13 heteroatoms. The first kappa shape index (κ1) is 34.5. The fraction of sp³-hybridized carbons (Fsp3) is 0.447. The highest BCUT2D eigenvalue weighted by atomic mass is 19.2. The van der Waals surface area contributed by atoms with Crippen LogP contribution in [-0.2, 0) is 22.9 Å². The van der Waals surface area contributed by atoms with Crippen LogP contribution in [0.4, 0.5) is 25.0 Å². The quantitative estimate of drug-likeness (QED) is 0.199. The zero-order chi connectivity index (χ0) is 36.7. The molecule has 7 rings (SSSR count). The van der Waals surface area contributed by atoms with Gasteiger partial charge >= 0.3 is 12.1 Å². The van der Waals surface area contributed by atoms with Crippen LogP contribution in [-0.4, -0.2) is 84.0 Å². The number of ether oxygens (including phenoxy) is 2. The van der Waals surface area contributed by atoms with E-state index < -0.39 is 34.7 Å². The Balaban J connectivity index is 1.44. The largest absolute Gasteiger partial charge is 0.462 e. The van der Waals surface area contributed by atoms with Crippen LogP contribution in [0.15, 0.2) is 35.5 Å². The minimum absolute atomic E-state index is 0.0487. The van der Waals surface area contributed by atoms with Gasteiger partial charge < -0.3 is 23.8 Å². The Morgan fingerprint density at radius 2 is 1.84 bits per heavy atom. The molecule has 3 aliphatic rings. The van der Waals surface area contributed by atoms with Crippen LogP contribution in [0.25, 0.3) is 33.3 Å². The molecule has 2 fully saturated rings. The lowest BCUT2D eigenvalue weighted by Crippen LogP contribution is -2.34. The molecule has 0 bridgehead atoms. The van der Waals surface area contributed by atoms with Crippen molar-refractivity contribution in [3.8, 4) is 22.3 Å². The number of aromatic nitrogens is 3. The van der Waals surface area contributed by atoms with Gasteiger partial charge in [-0.3, -0.25) is 14.7 Å². The van der Waals surface area contributed by atoms with E-state index in [0.717, 1.165) is 18.9 Å². The molecular formula is C38H42F2N6O5. The van der Waals surface area contributed by atoms with Crippen molar-refractivity contribution in [2.24, 2.45) is 12.5 Å². The number of fused-ring (bicyclic) bond motifs is 4. The molecule has 1 aliphatic heterocycles. The van der Waals surface area contributed by atoms with E-state index in [-0.39, 0.29) is 40.6 Å². The molecular weight excluding hydrogens is 658 g/mol. The SMILES string of the molecule is CCOC(=O)c1cn(C)c2ncc(-c3cnc4c(c3N3CCC5(C[C@@H]5N(C)C)C3)-c3c(F)c(F)cc(N(C)C(=O)OC(C)(C)C)c3C4)cc2c1=O. The Labute approximate surface area is 294 Å². The second-order valence-corrected chi connectivity index (χ2v) is 15.1. The molecule has 1 unspecified atom stereocenters. The summed E-state index contributed by atoms with van der Waals surface area (Å²) in [6.45, 7) is 8.35. The standard InChI is InChI=1S/C38H42F2N6O5/c1-9-50-35(48)24-18-44(7)34-22(33(24)47)12-20(16-42-34)23-17-41-26-13-21-27(45(8)36(49)51-37(2,3)4)14-25(39)31(40)29(21)30(26)32(23)46-11-10-38(19-46)15-28(38)43(5)6/h12,14,16-18,28H,9-11,13,15,19H2,1-8H3/t28-,38?/m0/s1. The Morgan fingerprint density at radius 3 is 2.51 bits per heavy atom. The third-order valence-electron chi connectivity index (χ3n) is 10.3. The zero-order valence-corrected chi connectivity index (χ0v) is 30.2. The number of halogens is 2. The van der Waals surface area contributed by atoms with Crippen molar-refractivity contribution in [2.45, 2.75) is 58.6 Å². The molecule has 11 nitrogen and oxygen atoms in total. The van der Waals surface area contributed by atoms with Crippen molar-refractivity contribution in [1.29, 1.82) is 0 Å². The summed E-state index contributed by atoms with van der Waals surface area (Å²) >= 11 is 0. The van der Waals surface area contributed by atoms with Crippen molar-refractivity contribution in [1.82, 2.24) is 19.4 Å². The summed E-state index contributed by atoms with van der Waals surface area (Å²) < 4.78 is 44.2. The van der Waals surface area contributed by atoms with Crippen LogP contribution < -0.4 is 15.2 Å². The molecule has 1 saturated carbocycles. The molecule has 2 atom stereocenters. The maximum Gasteiger partial charge on any atom is 0.414 e. The maximum atomic E-state index is 16.3. The lowest BCUT2D eigenvalue weighted by Gasteiger charge is -2.27. The van der Waals surface area contributed by atoms with E-state index in [1.807, 2.05) is 0 Å². The molecule has 268 valence electrons. The molecule has 0 N–H and O–H groups in total. The Kier molecular flexibility index (Phi) is 8.20. The lowest BCUT2D eigenvalue weighted by atomic mass is 9.96. The predicted molar refractivity (Wildman–Crippen MR) is 190 cm³/mol. The minimum Gasteiger partial charge on any atom is -0.462 e. The van der Waals surface area contributed by atoms with Crippen molar-refractivity contribution in [2.75, 3.05) is 50.6 Å². The second kappa shape index (κ2) is 12.1. The molecule has 0 radical (unpaired) electrons. The molecule has 1 spiro atoms. The van der Waals surface area contributed by atoms with Gasteiger partial charge in [-0.15, -0.1) is 0 Å². The van der Waals surface area contributed by atoms with Crippen LogP contribution in [0.2, 0.25) is 0 Å². The van der Waals surface area contributed by atoms with E-state index >= 15 is 8.78 Å². The van der Waals surface area contributed by atoms with Gasteiger partial charge in [0.25, 0.3) is 0 Å². The summed E-state index contributed by atoms with van der Waals surface area (Å²) in [5.41, 5.74) is 2.43. The average molecular weight is 701 g/mol. The molecule has 4 aromatic rings. The number of amides is 1. The van der Waals surface area contributed by atoms with Gasteiger partial charge in [0.2, 0.25) is 5.43 Å². The van der Waals surface area contributed by atoms with Gasteiger partial charge in [-0.25, -0.2) is 23.4 Å². The molecule has 51 heavy (non-hydrogen) atoms. The van der Waals surface area contributed by atoms with Crippen molar-refractivity contribution in [3.05, 3.63) is 69.4 Å². The van der Waals surface area contributed by atoms with Gasteiger partial charge in [0.1, 0.15) is 16.8 Å². The molecule has 4 heterocycles. The number of pyridine rings is 3. The Bertz CT molecular complexity index is 2190. The summed E-state index contributed by atoms with van der Waals surface area (Å²) in [5.74, 6) is -2.85. The number of benzene rings is 1. The first-order valence-electron chi connectivity index (χ1n) is 17.1. The average Bonchev–Trinajstić information content (AvgIpc) is 3.41. The van der Waals surface area contributed by atoms with Gasteiger partial charge in [-0.1, -0.05) is 0 Å². The van der Waals surface area contributed by atoms with Gasteiger partial charge in [0, 0.05) is 92.0 Å². The smallest absolute Gasteiger partial charge is 0.414 e. The molecule has 2 aliphatic carbocycles. The fourth-order valence-corrected chi connectivity index (χ4v) is 7.91. The van der Waals surface area contributed by atoms with E-state index in [9.17, 15) is 14.4 Å². The van der Waals surface area contributed by atoms with E-state index in [1.165, 1.54) is 18.1 Å². The lowest BCUT2D eigenvalue weighted by molar-refractivity contribution is 0.0522. The number of hydrogen-bond acceptors (Lipinski definition) is 9. The molecule has 1 amide bonds. The number of aryl methyl sites for hydroxylation is 1. The van der Waals surface area contributed by atoms with E-state index in [1.54, 1.807) is 57.8 Å². The molecule has 1 saturated heterocycles. The molecule has 1 aromatic carbocycles. The summed E-state index contributed by atoms with van der Waals surface area (Å²) in [5, 5.41) is 0.207. The van der Waals surface area contributed by atoms with Crippen LogP contribution in [0.3, 0.4) is 0 Å². The van der Waals surface area contributed by atoms with E-state index in [4.69, 9.17) is 14.5 Å². The van der Waals surface area contributed by atoms with Crippen LogP contribution in [0.1, 0.15) is 62.2 Å². The minimum atomic E-state index is -1.10. The highest BCUT2D eigenvalue weighted by Gasteiger charge is 2.59. The Hall–Kier alpha value is -4.91. The van der Waals surface area contributed by atoms with E-state index in [0.29, 0.717) is 58.4 Å². The number of carbonyl (C=O) groups is 2. The van der Waals surface area contributed by atoms with Crippen molar-refractivity contribution < 1.29 is 27.8 Å². The van der Waals surface area contributed by atoms with Gasteiger partial charge in [-0.05, 0) is 66.3 Å². The summed E-state index contributed by atoms with van der Waals surface area (Å²) in [6.07, 6.45) is 6.13. The van der Waals surface area contributed by atoms with Gasteiger partial charge in [-0.2, -0.15) is 0 Å². The maximum absolute atomic E-state index is 16.3. The number of hydrogen-bond donors (Lipinski definition) is 0. The third kappa shape index (κ3) is 5.71. The van der Waals surface area contributed by atoms with Crippen LogP contribution >= 0.6 is 0 Å². The van der Waals surface area contributed by atoms with Crippen molar-refractivity contribution >= 4 is 34.5 Å². The Morgan fingerprint density at radius 1 is 1.10 bits per heavy atom. The number of nitrogens with zero attached hydrogens (tertiary/aromatic N) is 6. The fourth-order valence-electron chi connectivity index (χ4n) is 7.91. The zero-order valence-electron chi connectivity index (χ0n) is 30.2. The highest BCUT2D eigenvalue weighted by molar-refractivity contribution is 6.00. The number of anilines is 2. The summed E-state index contributed by atoms with van der Waals surface area (Å²) in [4.78, 5) is 54.6. The van der Waals surface area contributed by atoms with Gasteiger partial charge in [0.15, 0.2) is 11.6 Å². The summed E-state index contributed by atoms with van der Waals surface area (Å²) in [7, 11) is 7.32. The number of esters is 1. The number of rotatable bonds is 6. The summed E-state index contributed by atoms with van der Waals surface area (Å²) in [6, 6.07) is 3.10. The van der Waals surface area contributed by atoms with Gasteiger partial charge in [0.05, 0.1) is 29.1 Å². The highest BCUT2D eigenvalue weighted by Crippen LogP contribution is 2.58. The third-order valence-corrected chi connectivity index (χ3v) is 10.3. The molecule has 3 aromatic heterocycles. The number of carbonyl (C=O) groups excluding carboxylic acids is 2. The van der Waals surface area contributed by atoms with Crippen LogP contribution in [0.5, 0.6) is 0 Å². The van der Waals surface area contributed by atoms with Crippen LogP contribution in [0, 0.1) is 17.0 Å². The monoisotopic (exact) mass is 700 g/mol. The first-order chi connectivity index (χ1) is 24.0. The normalized spacial score (nSPS) is 19.1.